The quantitative estimate of drug-likeness (QED) is 0.912. The molecule has 118 valence electrons. The van der Waals surface area contributed by atoms with Crippen molar-refractivity contribution in [2.75, 3.05) is 24.1 Å². The molecule has 0 saturated carbocycles. The van der Waals surface area contributed by atoms with E-state index in [1.165, 1.54) is 30.6 Å². The molecule has 1 aliphatic heterocycles. The van der Waals surface area contributed by atoms with E-state index in [1.54, 1.807) is 0 Å². The van der Waals surface area contributed by atoms with Gasteiger partial charge in [-0.15, -0.1) is 0 Å². The number of likely N-dealkylation sites (tertiary alicyclic amines) is 1. The number of nitrogen functional groups attached to an aromatic ring is 1. The van der Waals surface area contributed by atoms with Gasteiger partial charge in [-0.25, -0.2) is 4.98 Å². The maximum atomic E-state index is 12.5. The van der Waals surface area contributed by atoms with E-state index in [0.717, 1.165) is 34.6 Å². The molecule has 1 fully saturated rings. The Kier molecular flexibility index (Phi) is 4.31. The highest BCUT2D eigenvalue weighted by Crippen LogP contribution is 2.29. The van der Waals surface area contributed by atoms with Crippen LogP contribution in [0.3, 0.4) is 0 Å². The zero-order valence-corrected chi connectivity index (χ0v) is 13.9. The average Bonchev–Trinajstić information content (AvgIpc) is 2.88. The van der Waals surface area contributed by atoms with Crippen LogP contribution >= 0.6 is 11.3 Å². The molecule has 1 aromatic heterocycles. The van der Waals surface area contributed by atoms with E-state index in [1.807, 2.05) is 26.0 Å². The molecule has 1 saturated heterocycles. The van der Waals surface area contributed by atoms with Gasteiger partial charge in [-0.05, 0) is 57.5 Å². The summed E-state index contributed by atoms with van der Waals surface area (Å²) in [4.78, 5) is 19.1. The highest BCUT2D eigenvalue weighted by Gasteiger charge is 2.23. The number of hydrogen-bond donors (Lipinski definition) is 2. The van der Waals surface area contributed by atoms with Crippen LogP contribution in [0.1, 0.15) is 31.7 Å². The normalized spacial score (nSPS) is 17.5. The van der Waals surface area contributed by atoms with Crippen LogP contribution in [0.4, 0.5) is 10.8 Å². The van der Waals surface area contributed by atoms with Gasteiger partial charge in [-0.3, -0.25) is 9.69 Å². The molecule has 0 bridgehead atoms. The Hall–Kier alpha value is -1.66. The monoisotopic (exact) mass is 318 g/mol. The van der Waals surface area contributed by atoms with E-state index in [9.17, 15) is 4.79 Å². The predicted molar refractivity (Wildman–Crippen MR) is 92.3 cm³/mol. The molecule has 2 aromatic rings. The summed E-state index contributed by atoms with van der Waals surface area (Å²) >= 11 is 1.45. The van der Waals surface area contributed by atoms with Gasteiger partial charge in [0.05, 0.1) is 16.3 Å². The van der Waals surface area contributed by atoms with Gasteiger partial charge in [0, 0.05) is 5.69 Å². The largest absolute Gasteiger partial charge is 0.375 e. The van der Waals surface area contributed by atoms with Crippen LogP contribution in [0.2, 0.25) is 0 Å². The number of nitrogens with zero attached hydrogens (tertiary/aromatic N) is 2. The van der Waals surface area contributed by atoms with Crippen LogP contribution in [0.25, 0.3) is 10.2 Å². The standard InChI is InChI=1S/C16H22N4OS/c1-10-8-12(9-13-14(10)19-16(17)22-13)18-15(21)11(2)20-6-4-3-5-7-20/h8-9,11H,3-7H2,1-2H3,(H2,17,19)(H,18,21). The number of rotatable bonds is 3. The van der Waals surface area contributed by atoms with Crippen LogP contribution in [0, 0.1) is 6.92 Å². The molecule has 2 heterocycles. The number of carbonyl (C=O) groups excluding carboxylic acids is 1. The van der Waals surface area contributed by atoms with E-state index in [2.05, 4.69) is 15.2 Å². The molecule has 22 heavy (non-hydrogen) atoms. The molecule has 1 aromatic carbocycles. The maximum Gasteiger partial charge on any atom is 0.241 e. The SMILES string of the molecule is Cc1cc(NC(=O)C(C)N2CCCCC2)cc2sc(N)nc12. The van der Waals surface area contributed by atoms with E-state index < -0.39 is 0 Å². The summed E-state index contributed by atoms with van der Waals surface area (Å²) in [5.74, 6) is 0.0538. The third-order valence-electron chi connectivity index (χ3n) is 4.29. The van der Waals surface area contributed by atoms with Crippen molar-refractivity contribution in [2.45, 2.75) is 39.2 Å². The topological polar surface area (TPSA) is 71.2 Å². The van der Waals surface area contributed by atoms with Gasteiger partial charge in [-0.2, -0.15) is 0 Å². The van der Waals surface area contributed by atoms with Gasteiger partial charge in [0.2, 0.25) is 5.91 Å². The number of nitrogens with one attached hydrogen (secondary N) is 1. The minimum atomic E-state index is -0.0946. The molecule has 1 amide bonds. The first-order chi connectivity index (χ1) is 10.5. The summed E-state index contributed by atoms with van der Waals surface area (Å²) < 4.78 is 1.01. The van der Waals surface area contributed by atoms with E-state index in [0.29, 0.717) is 5.13 Å². The first kappa shape index (κ1) is 15.2. The molecule has 5 nitrogen and oxygen atoms in total. The molecule has 3 N–H and O–H groups in total. The molecule has 1 aliphatic rings. The second kappa shape index (κ2) is 6.22. The number of amides is 1. The molecule has 1 unspecified atom stereocenters. The van der Waals surface area contributed by atoms with Crippen molar-refractivity contribution in [1.29, 1.82) is 0 Å². The number of carbonyl (C=O) groups is 1. The van der Waals surface area contributed by atoms with Gasteiger partial charge >= 0.3 is 0 Å². The molecule has 1 atom stereocenters. The third-order valence-corrected chi connectivity index (χ3v) is 5.12. The van der Waals surface area contributed by atoms with E-state index in [-0.39, 0.29) is 11.9 Å². The fraction of sp³-hybridized carbons (Fsp3) is 0.500. The van der Waals surface area contributed by atoms with Gasteiger partial charge in [0.1, 0.15) is 0 Å². The van der Waals surface area contributed by atoms with E-state index >= 15 is 0 Å². The van der Waals surface area contributed by atoms with Crippen LogP contribution in [0.15, 0.2) is 12.1 Å². The number of hydrogen-bond acceptors (Lipinski definition) is 5. The van der Waals surface area contributed by atoms with Crippen LogP contribution < -0.4 is 11.1 Å². The number of anilines is 2. The summed E-state index contributed by atoms with van der Waals surface area (Å²) in [6, 6.07) is 3.82. The van der Waals surface area contributed by atoms with Crippen LogP contribution in [-0.2, 0) is 4.79 Å². The van der Waals surface area contributed by atoms with E-state index in [4.69, 9.17) is 5.73 Å². The van der Waals surface area contributed by atoms with Gasteiger partial charge in [0.15, 0.2) is 5.13 Å². The fourth-order valence-corrected chi connectivity index (χ4v) is 3.86. The van der Waals surface area contributed by atoms with Crippen molar-refractivity contribution in [3.05, 3.63) is 17.7 Å². The molecule has 0 radical (unpaired) electrons. The highest BCUT2D eigenvalue weighted by molar-refractivity contribution is 7.22. The molecule has 0 spiro atoms. The van der Waals surface area contributed by atoms with Crippen LogP contribution in [-0.4, -0.2) is 34.9 Å². The zero-order valence-electron chi connectivity index (χ0n) is 13.1. The Labute approximate surface area is 134 Å². The number of nitrogens with two attached hydrogens (primary N) is 1. The van der Waals surface area contributed by atoms with Crippen molar-refractivity contribution in [3.8, 4) is 0 Å². The number of fused-ring (bicyclic) bond motifs is 1. The summed E-state index contributed by atoms with van der Waals surface area (Å²) in [7, 11) is 0. The number of piperidine rings is 1. The highest BCUT2D eigenvalue weighted by atomic mass is 32.1. The Morgan fingerprint density at radius 3 is 2.82 bits per heavy atom. The Balaban J connectivity index is 1.75. The minimum Gasteiger partial charge on any atom is -0.375 e. The lowest BCUT2D eigenvalue weighted by atomic mass is 10.1. The Bertz CT molecular complexity index is 691. The lowest BCUT2D eigenvalue weighted by Gasteiger charge is -2.31. The van der Waals surface area contributed by atoms with Crippen molar-refractivity contribution >= 4 is 38.3 Å². The van der Waals surface area contributed by atoms with Crippen molar-refractivity contribution in [2.24, 2.45) is 0 Å². The number of aromatic nitrogens is 1. The Morgan fingerprint density at radius 1 is 1.36 bits per heavy atom. The van der Waals surface area contributed by atoms with Gasteiger partial charge in [-0.1, -0.05) is 17.8 Å². The van der Waals surface area contributed by atoms with Crippen molar-refractivity contribution in [3.63, 3.8) is 0 Å². The maximum absolute atomic E-state index is 12.5. The summed E-state index contributed by atoms with van der Waals surface area (Å²) in [6.07, 6.45) is 3.64. The summed E-state index contributed by atoms with van der Waals surface area (Å²) in [5.41, 5.74) is 8.55. The summed E-state index contributed by atoms with van der Waals surface area (Å²) in [6.45, 7) is 6.00. The second-order valence-electron chi connectivity index (χ2n) is 5.95. The third kappa shape index (κ3) is 3.08. The lowest BCUT2D eigenvalue weighted by molar-refractivity contribution is -0.121. The molecular formula is C16H22N4OS. The molecule has 6 heteroatoms. The first-order valence-electron chi connectivity index (χ1n) is 7.76. The molecule has 0 aliphatic carbocycles. The first-order valence-corrected chi connectivity index (χ1v) is 8.58. The Morgan fingerprint density at radius 2 is 2.09 bits per heavy atom. The lowest BCUT2D eigenvalue weighted by Crippen LogP contribution is -2.44. The minimum absolute atomic E-state index is 0.0538. The number of benzene rings is 1. The number of aryl methyl sites for hydroxylation is 1. The van der Waals surface area contributed by atoms with Crippen LogP contribution in [0.5, 0.6) is 0 Å². The fourth-order valence-electron chi connectivity index (χ4n) is 3.00. The van der Waals surface area contributed by atoms with Crippen molar-refractivity contribution < 1.29 is 4.79 Å². The summed E-state index contributed by atoms with van der Waals surface area (Å²) in [5, 5.41) is 3.60. The van der Waals surface area contributed by atoms with Crippen molar-refractivity contribution in [1.82, 2.24) is 9.88 Å². The van der Waals surface area contributed by atoms with Gasteiger partial charge < -0.3 is 11.1 Å². The molecular weight excluding hydrogens is 296 g/mol. The smallest absolute Gasteiger partial charge is 0.241 e. The van der Waals surface area contributed by atoms with Gasteiger partial charge in [0.25, 0.3) is 0 Å². The molecule has 3 rings (SSSR count). The predicted octanol–water partition coefficient (Wildman–Crippen LogP) is 3.00. The average molecular weight is 318 g/mol. The number of thiazole rings is 1. The zero-order chi connectivity index (χ0) is 15.7. The second-order valence-corrected chi connectivity index (χ2v) is 7.02.